The molecule has 0 radical (unpaired) electrons. The van der Waals surface area contributed by atoms with Crippen LogP contribution in [0.4, 0.5) is 0 Å². The molecule has 2 fully saturated rings. The van der Waals surface area contributed by atoms with Gasteiger partial charge in [0, 0.05) is 37.6 Å². The molecule has 29 heavy (non-hydrogen) atoms. The number of nitrogens with zero attached hydrogens (tertiary/aromatic N) is 2. The van der Waals surface area contributed by atoms with Gasteiger partial charge in [-0.3, -0.25) is 4.79 Å². The van der Waals surface area contributed by atoms with Crippen molar-refractivity contribution in [3.8, 4) is 0 Å². The highest BCUT2D eigenvalue weighted by atomic mass is 32.2. The SMILES string of the molecule is Cc1c(C(=O)N2CCCCCC2)c(S(=O)(=O)NC2CCCCCCC2)c(C)n1C. The van der Waals surface area contributed by atoms with E-state index in [9.17, 15) is 13.2 Å². The van der Waals surface area contributed by atoms with Crippen LogP contribution in [0.15, 0.2) is 4.90 Å². The van der Waals surface area contributed by atoms with Gasteiger partial charge in [-0.1, -0.05) is 44.9 Å². The van der Waals surface area contributed by atoms with E-state index in [0.29, 0.717) is 24.3 Å². The molecule has 1 aromatic rings. The van der Waals surface area contributed by atoms with Gasteiger partial charge in [0.2, 0.25) is 10.0 Å². The Kier molecular flexibility index (Phi) is 7.43. The van der Waals surface area contributed by atoms with E-state index in [2.05, 4.69) is 4.72 Å². The Morgan fingerprint density at radius 1 is 0.862 bits per heavy atom. The van der Waals surface area contributed by atoms with Gasteiger partial charge in [0.25, 0.3) is 5.91 Å². The number of hydrogen-bond acceptors (Lipinski definition) is 3. The van der Waals surface area contributed by atoms with E-state index in [-0.39, 0.29) is 16.8 Å². The number of hydrogen-bond donors (Lipinski definition) is 1. The lowest BCUT2D eigenvalue weighted by atomic mass is 9.97. The molecule has 0 spiro atoms. The van der Waals surface area contributed by atoms with Gasteiger partial charge >= 0.3 is 0 Å². The molecule has 2 heterocycles. The maximum Gasteiger partial charge on any atom is 0.257 e. The molecule has 3 rings (SSSR count). The third-order valence-corrected chi connectivity index (χ3v) is 8.41. The van der Waals surface area contributed by atoms with Crippen molar-refractivity contribution >= 4 is 15.9 Å². The van der Waals surface area contributed by atoms with Crippen LogP contribution in [0.25, 0.3) is 0 Å². The first-order chi connectivity index (χ1) is 13.8. The Hall–Kier alpha value is -1.34. The minimum absolute atomic E-state index is 0.0404. The van der Waals surface area contributed by atoms with Crippen molar-refractivity contribution in [2.24, 2.45) is 7.05 Å². The molecule has 0 atom stereocenters. The van der Waals surface area contributed by atoms with Crippen LogP contribution in [0.5, 0.6) is 0 Å². The molecule has 1 amide bonds. The monoisotopic (exact) mass is 423 g/mol. The maximum atomic E-state index is 13.5. The lowest BCUT2D eigenvalue weighted by Gasteiger charge is -2.23. The normalized spacial score (nSPS) is 20.2. The summed E-state index contributed by atoms with van der Waals surface area (Å²) in [7, 11) is -1.92. The van der Waals surface area contributed by atoms with Crippen LogP contribution < -0.4 is 4.72 Å². The molecular formula is C22H37N3O3S. The predicted octanol–water partition coefficient (Wildman–Crippen LogP) is 4.05. The maximum absolute atomic E-state index is 13.5. The summed E-state index contributed by atoms with van der Waals surface area (Å²) in [6.45, 7) is 5.08. The average molecular weight is 424 g/mol. The second-order valence-electron chi connectivity index (χ2n) is 8.80. The van der Waals surface area contributed by atoms with Gasteiger partial charge < -0.3 is 9.47 Å². The minimum Gasteiger partial charge on any atom is -0.350 e. The summed E-state index contributed by atoms with van der Waals surface area (Å²) >= 11 is 0. The number of carbonyl (C=O) groups is 1. The van der Waals surface area contributed by atoms with Crippen molar-refractivity contribution in [3.05, 3.63) is 17.0 Å². The molecule has 6 nitrogen and oxygen atoms in total. The summed E-state index contributed by atoms with van der Waals surface area (Å²) in [5.74, 6) is -0.133. The smallest absolute Gasteiger partial charge is 0.257 e. The second kappa shape index (κ2) is 9.65. The Labute approximate surface area is 176 Å². The number of carbonyl (C=O) groups excluding carboxylic acids is 1. The van der Waals surface area contributed by atoms with Crippen molar-refractivity contribution in [3.63, 3.8) is 0 Å². The van der Waals surface area contributed by atoms with Crippen molar-refractivity contribution in [2.45, 2.75) is 95.4 Å². The largest absolute Gasteiger partial charge is 0.350 e. The van der Waals surface area contributed by atoms with E-state index >= 15 is 0 Å². The number of rotatable bonds is 4. The van der Waals surface area contributed by atoms with Gasteiger partial charge in [-0.25, -0.2) is 13.1 Å². The first-order valence-corrected chi connectivity index (χ1v) is 12.8. The highest BCUT2D eigenvalue weighted by Crippen LogP contribution is 2.29. The van der Waals surface area contributed by atoms with Crippen LogP contribution in [0.1, 0.15) is 92.4 Å². The minimum atomic E-state index is -3.76. The van der Waals surface area contributed by atoms with Gasteiger partial charge in [-0.05, 0) is 39.5 Å². The molecule has 1 aromatic heterocycles. The number of sulfonamides is 1. The summed E-state index contributed by atoms with van der Waals surface area (Å²) in [5, 5.41) is 0. The van der Waals surface area contributed by atoms with Gasteiger partial charge in [0.1, 0.15) is 4.90 Å². The number of amides is 1. The molecule has 164 valence electrons. The fourth-order valence-electron chi connectivity index (χ4n) is 4.78. The first kappa shape index (κ1) is 22.3. The quantitative estimate of drug-likeness (QED) is 0.794. The van der Waals surface area contributed by atoms with Crippen molar-refractivity contribution in [2.75, 3.05) is 13.1 Å². The van der Waals surface area contributed by atoms with E-state index in [1.54, 1.807) is 6.92 Å². The fraction of sp³-hybridized carbons (Fsp3) is 0.773. The average Bonchev–Trinajstić information content (AvgIpc) is 2.86. The van der Waals surface area contributed by atoms with Crippen molar-refractivity contribution in [1.29, 1.82) is 0 Å². The fourth-order valence-corrected chi connectivity index (χ4v) is 6.60. The Bertz CT molecular complexity index is 813. The molecule has 0 unspecified atom stereocenters. The van der Waals surface area contributed by atoms with E-state index in [4.69, 9.17) is 0 Å². The summed E-state index contributed by atoms with van der Waals surface area (Å²) < 4.78 is 31.7. The van der Waals surface area contributed by atoms with Crippen molar-refractivity contribution in [1.82, 2.24) is 14.2 Å². The van der Waals surface area contributed by atoms with Crippen LogP contribution in [0, 0.1) is 13.8 Å². The molecular weight excluding hydrogens is 386 g/mol. The lowest BCUT2D eigenvalue weighted by molar-refractivity contribution is 0.0757. The molecule has 7 heteroatoms. The van der Waals surface area contributed by atoms with Gasteiger partial charge in [0.05, 0.1) is 5.56 Å². The summed E-state index contributed by atoms with van der Waals surface area (Å²) in [6.07, 6.45) is 11.7. The summed E-state index contributed by atoms with van der Waals surface area (Å²) in [4.78, 5) is 15.5. The Morgan fingerprint density at radius 2 is 1.38 bits per heavy atom. The molecule has 1 N–H and O–H groups in total. The highest BCUT2D eigenvalue weighted by molar-refractivity contribution is 7.89. The van der Waals surface area contributed by atoms with Gasteiger partial charge in [-0.15, -0.1) is 0 Å². The summed E-state index contributed by atoms with van der Waals surface area (Å²) in [6, 6.07) is -0.0404. The van der Waals surface area contributed by atoms with E-state index in [1.165, 1.54) is 19.3 Å². The van der Waals surface area contributed by atoms with E-state index < -0.39 is 10.0 Å². The topological polar surface area (TPSA) is 71.4 Å². The molecule has 0 bridgehead atoms. The zero-order valence-corrected chi connectivity index (χ0v) is 19.1. The molecule has 1 saturated heterocycles. The second-order valence-corrected chi connectivity index (χ2v) is 10.5. The third-order valence-electron chi connectivity index (χ3n) is 6.73. The van der Waals surface area contributed by atoms with Crippen LogP contribution in [-0.4, -0.2) is 42.9 Å². The first-order valence-electron chi connectivity index (χ1n) is 11.3. The number of likely N-dealkylation sites (tertiary alicyclic amines) is 1. The van der Waals surface area contributed by atoms with Crippen LogP contribution >= 0.6 is 0 Å². The summed E-state index contributed by atoms with van der Waals surface area (Å²) in [5.41, 5.74) is 1.74. The number of aromatic nitrogens is 1. The Balaban J connectivity index is 1.93. The highest BCUT2D eigenvalue weighted by Gasteiger charge is 2.34. The van der Waals surface area contributed by atoms with Gasteiger partial charge in [-0.2, -0.15) is 0 Å². The van der Waals surface area contributed by atoms with Crippen LogP contribution in [0.2, 0.25) is 0 Å². The van der Waals surface area contributed by atoms with E-state index in [0.717, 1.165) is 57.1 Å². The van der Waals surface area contributed by atoms with Gasteiger partial charge in [0.15, 0.2) is 0 Å². The number of nitrogens with one attached hydrogen (secondary N) is 1. The molecule has 1 saturated carbocycles. The van der Waals surface area contributed by atoms with E-state index in [1.807, 2.05) is 23.4 Å². The zero-order valence-electron chi connectivity index (χ0n) is 18.3. The van der Waals surface area contributed by atoms with Crippen LogP contribution in [0.3, 0.4) is 0 Å². The zero-order chi connectivity index (χ0) is 21.0. The lowest BCUT2D eigenvalue weighted by Crippen LogP contribution is -2.37. The third kappa shape index (κ3) is 5.05. The molecule has 1 aliphatic heterocycles. The van der Waals surface area contributed by atoms with Crippen LogP contribution in [-0.2, 0) is 17.1 Å². The molecule has 1 aliphatic carbocycles. The molecule has 0 aromatic carbocycles. The molecule has 2 aliphatic rings. The van der Waals surface area contributed by atoms with Crippen molar-refractivity contribution < 1.29 is 13.2 Å². The standard InChI is InChI=1S/C22H37N3O3S/c1-17-20(22(26)25-15-11-7-8-12-16-25)21(18(2)24(17)3)29(27,28)23-19-13-9-5-4-6-10-14-19/h19,23H,4-16H2,1-3H3. The Morgan fingerprint density at radius 3 is 1.97 bits per heavy atom. The predicted molar refractivity (Wildman–Crippen MR) is 116 cm³/mol.